The molecule has 0 saturated heterocycles. The molecular formula is C21H19FN6O2. The highest BCUT2D eigenvalue weighted by molar-refractivity contribution is 5.90. The normalized spacial score (nSPS) is 10.9. The number of hydrogen-bond donors (Lipinski definition) is 1. The van der Waals surface area contributed by atoms with Crippen LogP contribution in [0.25, 0.3) is 16.8 Å². The van der Waals surface area contributed by atoms with Crippen molar-refractivity contribution in [1.82, 2.24) is 19.4 Å². The molecule has 9 heteroatoms. The van der Waals surface area contributed by atoms with Crippen LogP contribution in [0.5, 0.6) is 0 Å². The van der Waals surface area contributed by atoms with Gasteiger partial charge in [0, 0.05) is 31.0 Å². The summed E-state index contributed by atoms with van der Waals surface area (Å²) in [5, 5.41) is 11.1. The molecular weight excluding hydrogens is 387 g/mol. The van der Waals surface area contributed by atoms with Crippen molar-refractivity contribution in [3.63, 3.8) is 0 Å². The van der Waals surface area contributed by atoms with Crippen LogP contribution >= 0.6 is 0 Å². The summed E-state index contributed by atoms with van der Waals surface area (Å²) in [5.41, 5.74) is 2.64. The Balaban J connectivity index is 1.54. The minimum Gasteiger partial charge on any atom is -0.378 e. The molecule has 0 aliphatic heterocycles. The average molecular weight is 406 g/mol. The summed E-state index contributed by atoms with van der Waals surface area (Å²) >= 11 is 0. The van der Waals surface area contributed by atoms with Crippen molar-refractivity contribution in [3.8, 4) is 11.3 Å². The van der Waals surface area contributed by atoms with E-state index in [0.29, 0.717) is 16.9 Å². The van der Waals surface area contributed by atoms with E-state index in [0.717, 1.165) is 10.4 Å². The Labute approximate surface area is 171 Å². The number of fused-ring (bicyclic) bond motifs is 1. The molecule has 0 bridgehead atoms. The number of aromatic nitrogens is 4. The van der Waals surface area contributed by atoms with Crippen LogP contribution in [0.2, 0.25) is 0 Å². The van der Waals surface area contributed by atoms with Gasteiger partial charge in [-0.2, -0.15) is 10.2 Å². The highest BCUT2D eigenvalue weighted by Gasteiger charge is 2.12. The number of halogens is 1. The Morgan fingerprint density at radius 2 is 1.80 bits per heavy atom. The molecule has 0 saturated carbocycles. The Morgan fingerprint density at radius 1 is 1.10 bits per heavy atom. The smallest absolute Gasteiger partial charge is 0.293 e. The zero-order chi connectivity index (χ0) is 21.3. The van der Waals surface area contributed by atoms with Crippen molar-refractivity contribution in [2.24, 2.45) is 0 Å². The molecule has 4 aromatic rings. The third-order valence-electron chi connectivity index (χ3n) is 4.59. The van der Waals surface area contributed by atoms with Gasteiger partial charge in [0.1, 0.15) is 24.2 Å². The minimum atomic E-state index is -0.448. The third kappa shape index (κ3) is 3.90. The SMILES string of the molecule is CN(C)c1ccc(NC(=O)Cn2ncn3nc(-c4ccc(F)cc4)cc3c2=O)cc1. The fourth-order valence-electron chi connectivity index (χ4n) is 2.99. The van der Waals surface area contributed by atoms with Gasteiger partial charge in [-0.05, 0) is 54.6 Å². The van der Waals surface area contributed by atoms with Gasteiger partial charge in [-0.3, -0.25) is 9.59 Å². The zero-order valence-electron chi connectivity index (χ0n) is 16.4. The van der Waals surface area contributed by atoms with Crippen LogP contribution in [0.4, 0.5) is 15.8 Å². The highest BCUT2D eigenvalue weighted by atomic mass is 19.1. The maximum atomic E-state index is 13.1. The number of benzene rings is 2. The molecule has 0 radical (unpaired) electrons. The topological polar surface area (TPSA) is 84.5 Å². The Morgan fingerprint density at radius 3 is 2.47 bits per heavy atom. The van der Waals surface area contributed by atoms with E-state index < -0.39 is 5.56 Å². The Hall–Kier alpha value is -4.01. The molecule has 1 N–H and O–H groups in total. The van der Waals surface area contributed by atoms with Gasteiger partial charge in [-0.1, -0.05) is 0 Å². The first kappa shape index (κ1) is 19.3. The number of carbonyl (C=O) groups is 1. The lowest BCUT2D eigenvalue weighted by molar-refractivity contribution is -0.117. The molecule has 1 amide bonds. The molecule has 2 aromatic heterocycles. The number of carbonyl (C=O) groups excluding carboxylic acids is 1. The van der Waals surface area contributed by atoms with Gasteiger partial charge in [-0.25, -0.2) is 13.6 Å². The maximum absolute atomic E-state index is 13.1. The molecule has 0 unspecified atom stereocenters. The predicted molar refractivity (Wildman–Crippen MR) is 112 cm³/mol. The molecule has 0 atom stereocenters. The summed E-state index contributed by atoms with van der Waals surface area (Å²) in [6.45, 7) is -0.234. The van der Waals surface area contributed by atoms with Crippen molar-refractivity contribution in [2.45, 2.75) is 6.54 Å². The zero-order valence-corrected chi connectivity index (χ0v) is 16.4. The van der Waals surface area contributed by atoms with Crippen LogP contribution in [0.1, 0.15) is 0 Å². The van der Waals surface area contributed by atoms with E-state index in [9.17, 15) is 14.0 Å². The number of nitrogens with zero attached hydrogens (tertiary/aromatic N) is 5. The van der Waals surface area contributed by atoms with E-state index in [1.165, 1.54) is 23.0 Å². The van der Waals surface area contributed by atoms with Gasteiger partial charge in [0.05, 0.1) is 5.69 Å². The number of amides is 1. The summed E-state index contributed by atoms with van der Waals surface area (Å²) in [7, 11) is 3.86. The van der Waals surface area contributed by atoms with Gasteiger partial charge in [0.15, 0.2) is 0 Å². The summed E-state index contributed by atoms with van der Waals surface area (Å²) < 4.78 is 15.5. The van der Waals surface area contributed by atoms with Gasteiger partial charge >= 0.3 is 0 Å². The molecule has 0 fully saturated rings. The monoisotopic (exact) mass is 406 g/mol. The molecule has 0 spiro atoms. The van der Waals surface area contributed by atoms with Crippen molar-refractivity contribution in [1.29, 1.82) is 0 Å². The average Bonchev–Trinajstić information content (AvgIpc) is 3.16. The first-order valence-corrected chi connectivity index (χ1v) is 9.19. The predicted octanol–water partition coefficient (Wildman–Crippen LogP) is 2.40. The number of rotatable bonds is 5. The fourth-order valence-corrected chi connectivity index (χ4v) is 2.99. The first-order chi connectivity index (χ1) is 14.4. The maximum Gasteiger partial charge on any atom is 0.293 e. The van der Waals surface area contributed by atoms with Crippen molar-refractivity contribution in [3.05, 3.63) is 77.1 Å². The molecule has 2 heterocycles. The molecule has 0 aliphatic rings. The second-order valence-corrected chi connectivity index (χ2v) is 6.95. The van der Waals surface area contributed by atoms with E-state index in [1.807, 2.05) is 31.1 Å². The largest absolute Gasteiger partial charge is 0.378 e. The van der Waals surface area contributed by atoms with Crippen LogP contribution in [-0.2, 0) is 11.3 Å². The number of anilines is 2. The van der Waals surface area contributed by atoms with Crippen LogP contribution in [-0.4, -0.2) is 39.4 Å². The molecule has 0 aliphatic carbocycles. The van der Waals surface area contributed by atoms with E-state index >= 15 is 0 Å². The number of hydrogen-bond acceptors (Lipinski definition) is 5. The van der Waals surface area contributed by atoms with Crippen molar-refractivity contribution in [2.75, 3.05) is 24.3 Å². The quantitative estimate of drug-likeness (QED) is 0.550. The van der Waals surface area contributed by atoms with E-state index in [1.54, 1.807) is 30.3 Å². The highest BCUT2D eigenvalue weighted by Crippen LogP contribution is 2.19. The van der Waals surface area contributed by atoms with Crippen LogP contribution < -0.4 is 15.8 Å². The summed E-state index contributed by atoms with van der Waals surface area (Å²) in [5.74, 6) is -0.723. The Kier molecular flexibility index (Phi) is 5.01. The van der Waals surface area contributed by atoms with Gasteiger partial charge < -0.3 is 10.2 Å². The molecule has 30 heavy (non-hydrogen) atoms. The van der Waals surface area contributed by atoms with Crippen LogP contribution in [0.15, 0.2) is 65.7 Å². The van der Waals surface area contributed by atoms with Gasteiger partial charge in [0.25, 0.3) is 5.56 Å². The number of nitrogens with one attached hydrogen (secondary N) is 1. The second-order valence-electron chi connectivity index (χ2n) is 6.95. The summed E-state index contributed by atoms with van der Waals surface area (Å²) in [6.07, 6.45) is 1.36. The van der Waals surface area contributed by atoms with E-state index in [2.05, 4.69) is 15.5 Å². The molecule has 8 nitrogen and oxygen atoms in total. The van der Waals surface area contributed by atoms with Crippen molar-refractivity contribution < 1.29 is 9.18 Å². The fraction of sp³-hybridized carbons (Fsp3) is 0.143. The summed E-state index contributed by atoms with van der Waals surface area (Å²) in [4.78, 5) is 27.1. The van der Waals surface area contributed by atoms with E-state index in [4.69, 9.17) is 0 Å². The van der Waals surface area contributed by atoms with Crippen molar-refractivity contribution >= 4 is 22.8 Å². The minimum absolute atomic E-state index is 0.234. The lowest BCUT2D eigenvalue weighted by atomic mass is 10.1. The molecule has 4 rings (SSSR count). The molecule has 152 valence electrons. The van der Waals surface area contributed by atoms with E-state index in [-0.39, 0.29) is 23.8 Å². The molecule has 2 aromatic carbocycles. The first-order valence-electron chi connectivity index (χ1n) is 9.19. The summed E-state index contributed by atoms with van der Waals surface area (Å²) in [6, 6.07) is 14.8. The van der Waals surface area contributed by atoms with Crippen LogP contribution in [0.3, 0.4) is 0 Å². The lowest BCUT2D eigenvalue weighted by Gasteiger charge is -2.13. The second kappa shape index (κ2) is 7.78. The lowest BCUT2D eigenvalue weighted by Crippen LogP contribution is -2.30. The standard InChI is InChI=1S/C21H19FN6O2/c1-26(2)17-9-7-16(8-10-17)24-20(29)12-27-21(30)19-11-18(25-28(19)13-23-27)14-3-5-15(22)6-4-14/h3-11,13H,12H2,1-2H3,(H,24,29). The van der Waals surface area contributed by atoms with Gasteiger partial charge in [0.2, 0.25) is 5.91 Å². The third-order valence-corrected chi connectivity index (χ3v) is 4.59. The van der Waals surface area contributed by atoms with Crippen LogP contribution in [0, 0.1) is 5.82 Å². The van der Waals surface area contributed by atoms with Gasteiger partial charge in [-0.15, -0.1) is 0 Å². The Bertz CT molecular complexity index is 1260.